The van der Waals surface area contributed by atoms with Gasteiger partial charge in [0.2, 0.25) is 0 Å². The smallest absolute Gasteiger partial charge is 0.416 e. The van der Waals surface area contributed by atoms with Gasteiger partial charge in [-0.2, -0.15) is 18.2 Å². The van der Waals surface area contributed by atoms with Crippen LogP contribution in [0.15, 0.2) is 72.8 Å². The average Bonchev–Trinajstić information content (AvgIpc) is 3.30. The zero-order chi connectivity index (χ0) is 26.4. The van der Waals surface area contributed by atoms with Crippen LogP contribution in [0.25, 0.3) is 17.1 Å². The van der Waals surface area contributed by atoms with Crippen LogP contribution < -0.4 is 15.4 Å². The van der Waals surface area contributed by atoms with Gasteiger partial charge in [-0.3, -0.25) is 0 Å². The Bertz CT molecular complexity index is 1350. The summed E-state index contributed by atoms with van der Waals surface area (Å²) in [7, 11) is 1.53. The molecule has 0 saturated heterocycles. The van der Waals surface area contributed by atoms with E-state index in [1.165, 1.54) is 23.9 Å². The highest BCUT2D eigenvalue weighted by atomic mass is 19.4. The molecule has 37 heavy (non-hydrogen) atoms. The van der Waals surface area contributed by atoms with Gasteiger partial charge >= 0.3 is 18.2 Å². The minimum absolute atomic E-state index is 0.0479. The number of nitrogens with one attached hydrogen (secondary N) is 2. The number of halogens is 3. The minimum Gasteiger partial charge on any atom is -0.460 e. The Morgan fingerprint density at radius 3 is 2.30 bits per heavy atom. The van der Waals surface area contributed by atoms with Crippen LogP contribution in [0.2, 0.25) is 0 Å². The molecule has 0 saturated carbocycles. The van der Waals surface area contributed by atoms with Gasteiger partial charge in [-0.1, -0.05) is 30.3 Å². The highest BCUT2D eigenvalue weighted by Gasteiger charge is 2.30. The molecule has 2 N–H and O–H groups in total. The van der Waals surface area contributed by atoms with Crippen molar-refractivity contribution in [1.82, 2.24) is 14.8 Å². The first-order valence-electron chi connectivity index (χ1n) is 11.2. The van der Waals surface area contributed by atoms with E-state index < -0.39 is 17.8 Å². The van der Waals surface area contributed by atoms with Crippen LogP contribution >= 0.6 is 0 Å². The lowest BCUT2D eigenvalue weighted by Crippen LogP contribution is -2.19. The molecule has 2 amide bonds. The fraction of sp³-hybridized carbons (Fsp3) is 0.192. The molecule has 0 spiro atoms. The zero-order valence-electron chi connectivity index (χ0n) is 20.0. The molecule has 1 heterocycles. The lowest BCUT2D eigenvalue weighted by atomic mass is 10.1. The Balaban J connectivity index is 1.56. The van der Waals surface area contributed by atoms with E-state index in [1.54, 1.807) is 30.3 Å². The molecule has 4 rings (SSSR count). The Hall–Kier alpha value is -4.38. The van der Waals surface area contributed by atoms with Crippen molar-refractivity contribution in [2.75, 3.05) is 31.0 Å². The van der Waals surface area contributed by atoms with Crippen molar-refractivity contribution in [2.45, 2.75) is 13.1 Å². The second-order valence-electron chi connectivity index (χ2n) is 7.99. The summed E-state index contributed by atoms with van der Waals surface area (Å²) in [6.45, 7) is 2.41. The van der Waals surface area contributed by atoms with Crippen molar-refractivity contribution in [1.29, 1.82) is 0 Å². The summed E-state index contributed by atoms with van der Waals surface area (Å²) in [5, 5.41) is 9.92. The number of para-hydroxylation sites is 1. The summed E-state index contributed by atoms with van der Waals surface area (Å²) in [4.78, 5) is 16.8. The predicted octanol–water partition coefficient (Wildman–Crippen LogP) is 5.93. The maximum atomic E-state index is 13.0. The number of nitrogens with zero attached hydrogens (tertiary/aromatic N) is 3. The maximum absolute atomic E-state index is 13.0. The van der Waals surface area contributed by atoms with E-state index in [1.807, 2.05) is 25.1 Å². The topological polar surface area (TPSA) is 90.3 Å². The fourth-order valence-electron chi connectivity index (χ4n) is 3.43. The van der Waals surface area contributed by atoms with Crippen LogP contribution in [0.1, 0.15) is 11.1 Å². The number of hydrogen-bond donors (Lipinski definition) is 2. The number of carbonyl (C=O) groups excluding carboxylic acids is 1. The molecular weight excluding hydrogens is 487 g/mol. The van der Waals surface area contributed by atoms with Gasteiger partial charge in [0.25, 0.3) is 0 Å². The molecule has 0 radical (unpaired) electrons. The predicted molar refractivity (Wildman–Crippen MR) is 133 cm³/mol. The Labute approximate surface area is 211 Å². The third kappa shape index (κ3) is 6.44. The largest absolute Gasteiger partial charge is 0.460 e. The van der Waals surface area contributed by atoms with Crippen LogP contribution in [-0.4, -0.2) is 41.1 Å². The molecular formula is C26H24F3N5O3. The van der Waals surface area contributed by atoms with Crippen LogP contribution in [0, 0.1) is 6.92 Å². The number of ether oxygens (including phenoxy) is 2. The number of urea groups is 1. The molecule has 3 aromatic carbocycles. The van der Waals surface area contributed by atoms with Gasteiger partial charge in [-0.25, -0.2) is 9.48 Å². The maximum Gasteiger partial charge on any atom is 0.416 e. The number of hydrogen-bond acceptors (Lipinski definition) is 5. The molecule has 192 valence electrons. The van der Waals surface area contributed by atoms with Gasteiger partial charge in [0.15, 0.2) is 5.82 Å². The highest BCUT2D eigenvalue weighted by molar-refractivity contribution is 6.00. The molecule has 0 aliphatic carbocycles. The number of aromatic nitrogens is 3. The molecule has 0 aliphatic heterocycles. The van der Waals surface area contributed by atoms with Crippen molar-refractivity contribution in [3.63, 3.8) is 0 Å². The van der Waals surface area contributed by atoms with Crippen molar-refractivity contribution < 1.29 is 27.4 Å². The van der Waals surface area contributed by atoms with Crippen molar-refractivity contribution in [3.05, 3.63) is 83.9 Å². The first-order chi connectivity index (χ1) is 17.7. The monoisotopic (exact) mass is 511 g/mol. The lowest BCUT2D eigenvalue weighted by molar-refractivity contribution is -0.137. The number of carbonyl (C=O) groups is 1. The molecule has 0 aliphatic rings. The number of anilines is 2. The second kappa shape index (κ2) is 11.1. The summed E-state index contributed by atoms with van der Waals surface area (Å²) in [5.74, 6) is 0.291. The summed E-state index contributed by atoms with van der Waals surface area (Å²) in [6, 6.07) is 18.4. The molecule has 4 aromatic rings. The van der Waals surface area contributed by atoms with E-state index in [0.717, 1.165) is 17.7 Å². The van der Waals surface area contributed by atoms with Crippen molar-refractivity contribution >= 4 is 17.4 Å². The Morgan fingerprint density at radius 2 is 1.65 bits per heavy atom. The van der Waals surface area contributed by atoms with Gasteiger partial charge in [0.05, 0.1) is 17.9 Å². The van der Waals surface area contributed by atoms with E-state index in [0.29, 0.717) is 35.1 Å². The van der Waals surface area contributed by atoms with E-state index >= 15 is 0 Å². The first kappa shape index (κ1) is 25.7. The quantitative estimate of drug-likeness (QED) is 0.286. The molecule has 1 aromatic heterocycles. The van der Waals surface area contributed by atoms with Crippen LogP contribution in [0.5, 0.6) is 6.01 Å². The summed E-state index contributed by atoms with van der Waals surface area (Å²) in [5.41, 5.74) is 2.37. The van der Waals surface area contributed by atoms with E-state index in [4.69, 9.17) is 9.47 Å². The molecule has 8 nitrogen and oxygen atoms in total. The minimum atomic E-state index is -4.45. The fourth-order valence-corrected chi connectivity index (χ4v) is 3.43. The van der Waals surface area contributed by atoms with Crippen LogP contribution in [-0.2, 0) is 10.9 Å². The Kier molecular flexibility index (Phi) is 7.73. The number of benzene rings is 3. The van der Waals surface area contributed by atoms with Gasteiger partial charge in [0.1, 0.15) is 6.61 Å². The first-order valence-corrected chi connectivity index (χ1v) is 11.2. The third-order valence-corrected chi connectivity index (χ3v) is 5.34. The molecule has 0 unspecified atom stereocenters. The van der Waals surface area contributed by atoms with Gasteiger partial charge < -0.3 is 20.1 Å². The van der Waals surface area contributed by atoms with Gasteiger partial charge in [0, 0.05) is 24.0 Å². The number of methoxy groups -OCH3 is 1. The van der Waals surface area contributed by atoms with Crippen LogP contribution in [0.4, 0.5) is 29.3 Å². The number of amides is 2. The summed E-state index contributed by atoms with van der Waals surface area (Å²) in [6.07, 6.45) is -4.45. The Morgan fingerprint density at radius 1 is 0.946 bits per heavy atom. The number of aryl methyl sites for hydroxylation is 1. The SMILES string of the molecule is COCCOc1nc(-c2ccc(C(F)(F)F)cc2)n(-c2ccc(NC(=O)Nc3ccccc3C)cc2)n1. The van der Waals surface area contributed by atoms with Crippen LogP contribution in [0.3, 0.4) is 0 Å². The van der Waals surface area contributed by atoms with Crippen molar-refractivity contribution in [3.8, 4) is 23.1 Å². The van der Waals surface area contributed by atoms with Gasteiger partial charge in [-0.05, 0) is 55.0 Å². The summed E-state index contributed by atoms with van der Waals surface area (Å²) < 4.78 is 51.0. The van der Waals surface area contributed by atoms with E-state index in [-0.39, 0.29) is 12.6 Å². The number of rotatable bonds is 8. The molecule has 11 heteroatoms. The standard InChI is InChI=1S/C26H24F3N5O3/c1-17-5-3-4-6-22(17)31-24(35)30-20-11-13-21(14-12-20)34-23(32-25(33-34)37-16-15-36-2)18-7-9-19(10-8-18)26(27,28)29/h3-14H,15-16H2,1-2H3,(H2,30,31,35). The number of alkyl halides is 3. The third-order valence-electron chi connectivity index (χ3n) is 5.34. The normalized spacial score (nSPS) is 11.3. The zero-order valence-corrected chi connectivity index (χ0v) is 20.0. The molecule has 0 atom stereocenters. The van der Waals surface area contributed by atoms with Crippen molar-refractivity contribution in [2.24, 2.45) is 0 Å². The summed E-state index contributed by atoms with van der Waals surface area (Å²) >= 11 is 0. The van der Waals surface area contributed by atoms with Gasteiger partial charge in [-0.15, -0.1) is 5.10 Å². The average molecular weight is 512 g/mol. The molecule has 0 fully saturated rings. The van der Waals surface area contributed by atoms with E-state index in [2.05, 4.69) is 20.7 Å². The highest BCUT2D eigenvalue weighted by Crippen LogP contribution is 2.31. The van der Waals surface area contributed by atoms with E-state index in [9.17, 15) is 18.0 Å². The molecule has 0 bridgehead atoms. The second-order valence-corrected chi connectivity index (χ2v) is 7.99. The lowest BCUT2D eigenvalue weighted by Gasteiger charge is -2.11.